The number of aromatic amines is 1. The number of nitrogens with one attached hydrogen (secondary N) is 1. The topological polar surface area (TPSA) is 75.1 Å². The van der Waals surface area contributed by atoms with E-state index in [2.05, 4.69) is 9.98 Å². The van der Waals surface area contributed by atoms with E-state index in [1.165, 1.54) is 4.57 Å². The number of amidine groups is 1. The van der Waals surface area contributed by atoms with Crippen LogP contribution in [0.25, 0.3) is 0 Å². The summed E-state index contributed by atoms with van der Waals surface area (Å²) in [5.41, 5.74) is 6.43. The minimum atomic E-state index is -0.230. The molecule has 0 aliphatic heterocycles. The fourth-order valence-corrected chi connectivity index (χ4v) is 1.36. The molecule has 0 radical (unpaired) electrons. The number of hydrogen-bond donors (Lipinski definition) is 2. The summed E-state index contributed by atoms with van der Waals surface area (Å²) in [5.74, 6) is 0.810. The van der Waals surface area contributed by atoms with Crippen LogP contribution in [0.1, 0.15) is 5.56 Å². The molecule has 2 aromatic rings. The molecule has 0 atom stereocenters. The Hall–Kier alpha value is -2.43. The van der Waals surface area contributed by atoms with Gasteiger partial charge >= 0.3 is 5.69 Å². The maximum absolute atomic E-state index is 11.4. The molecule has 1 aromatic heterocycles. The number of hydrogen-bond acceptors (Lipinski definition) is 2. The highest BCUT2D eigenvalue weighted by Gasteiger charge is 2.03. The molecule has 0 aliphatic carbocycles. The summed E-state index contributed by atoms with van der Waals surface area (Å²) < 4.78 is 1.43. The lowest BCUT2D eigenvalue weighted by Gasteiger charge is -1.98. The molecular formula is C12H13N4O+. The van der Waals surface area contributed by atoms with Crippen molar-refractivity contribution >= 4 is 11.7 Å². The smallest absolute Gasteiger partial charge is 0.383 e. The number of H-pyrrole nitrogens is 1. The summed E-state index contributed by atoms with van der Waals surface area (Å²) in [5, 5.41) is 0. The molecule has 86 valence electrons. The fourth-order valence-electron chi connectivity index (χ4n) is 1.36. The average Bonchev–Trinajstić information content (AvgIpc) is 2.35. The van der Waals surface area contributed by atoms with E-state index in [1.807, 2.05) is 30.3 Å². The average molecular weight is 229 g/mol. The van der Waals surface area contributed by atoms with Crippen LogP contribution in [0.4, 0.5) is 5.82 Å². The molecule has 3 N–H and O–H groups in total. The van der Waals surface area contributed by atoms with Gasteiger partial charge in [0.05, 0.1) is 13.2 Å². The zero-order valence-corrected chi connectivity index (χ0v) is 9.42. The number of aliphatic imine (C=N–C) groups is 1. The Balaban J connectivity index is 2.36. The molecule has 0 saturated carbocycles. The molecule has 0 saturated heterocycles. The number of rotatable bonds is 2. The van der Waals surface area contributed by atoms with Crippen LogP contribution < -0.4 is 16.0 Å². The summed E-state index contributed by atoms with van der Waals surface area (Å²) in [6, 6.07) is 11.1. The Kier molecular flexibility index (Phi) is 3.00. The van der Waals surface area contributed by atoms with Crippen molar-refractivity contribution in [3.63, 3.8) is 0 Å². The van der Waals surface area contributed by atoms with Crippen molar-refractivity contribution in [2.24, 2.45) is 17.8 Å². The van der Waals surface area contributed by atoms with Gasteiger partial charge in [-0.1, -0.05) is 30.3 Å². The second kappa shape index (κ2) is 4.61. The second-order valence-electron chi connectivity index (χ2n) is 3.61. The molecule has 0 bridgehead atoms. The van der Waals surface area contributed by atoms with Gasteiger partial charge in [-0.25, -0.2) is 4.57 Å². The Bertz CT molecular complexity index is 601. The molecule has 0 aliphatic rings. The zero-order valence-electron chi connectivity index (χ0n) is 9.42. The summed E-state index contributed by atoms with van der Waals surface area (Å²) in [6.07, 6.45) is 1.63. The van der Waals surface area contributed by atoms with E-state index >= 15 is 0 Å². The van der Waals surface area contributed by atoms with Crippen LogP contribution in [0, 0.1) is 0 Å². The van der Waals surface area contributed by atoms with E-state index in [-0.39, 0.29) is 5.69 Å². The monoisotopic (exact) mass is 229 g/mol. The number of aryl methyl sites for hydroxylation is 1. The minimum absolute atomic E-state index is 0.230. The molecule has 5 heteroatoms. The maximum Gasteiger partial charge on any atom is 0.497 e. The molecule has 1 aromatic carbocycles. The lowest BCUT2D eigenvalue weighted by molar-refractivity contribution is -0.689. The molecule has 5 nitrogen and oxygen atoms in total. The number of benzene rings is 1. The van der Waals surface area contributed by atoms with E-state index in [0.717, 1.165) is 5.56 Å². The Morgan fingerprint density at radius 3 is 2.65 bits per heavy atom. The first-order valence-electron chi connectivity index (χ1n) is 5.15. The quantitative estimate of drug-likeness (QED) is 0.439. The molecule has 17 heavy (non-hydrogen) atoms. The van der Waals surface area contributed by atoms with Crippen LogP contribution in [0.3, 0.4) is 0 Å². The van der Waals surface area contributed by atoms with Crippen molar-refractivity contribution in [2.75, 3.05) is 0 Å². The van der Waals surface area contributed by atoms with E-state index in [4.69, 9.17) is 5.73 Å². The van der Waals surface area contributed by atoms with Gasteiger partial charge in [-0.15, -0.1) is 0 Å². The Morgan fingerprint density at radius 1 is 1.29 bits per heavy atom. The van der Waals surface area contributed by atoms with Crippen molar-refractivity contribution in [1.82, 2.24) is 4.98 Å². The molecule has 1 heterocycles. The largest absolute Gasteiger partial charge is 0.497 e. The van der Waals surface area contributed by atoms with E-state index in [0.29, 0.717) is 11.7 Å². The van der Waals surface area contributed by atoms with Gasteiger partial charge in [0.2, 0.25) is 5.82 Å². The van der Waals surface area contributed by atoms with E-state index in [9.17, 15) is 4.79 Å². The van der Waals surface area contributed by atoms with Crippen LogP contribution in [0.5, 0.6) is 0 Å². The predicted octanol–water partition coefficient (Wildman–Crippen LogP) is 0.236. The summed E-state index contributed by atoms with van der Waals surface area (Å²) in [7, 11) is 1.66. The van der Waals surface area contributed by atoms with Gasteiger partial charge in [0, 0.05) is 11.6 Å². The summed E-state index contributed by atoms with van der Waals surface area (Å²) in [4.78, 5) is 18.1. The molecular weight excluding hydrogens is 216 g/mol. The normalized spacial score (nSPS) is 11.5. The first-order chi connectivity index (χ1) is 8.16. The Labute approximate surface area is 98.3 Å². The van der Waals surface area contributed by atoms with E-state index < -0.39 is 0 Å². The lowest BCUT2D eigenvalue weighted by atomic mass is 10.2. The summed E-state index contributed by atoms with van der Waals surface area (Å²) >= 11 is 0. The zero-order chi connectivity index (χ0) is 12.3. The predicted molar refractivity (Wildman–Crippen MR) is 65.1 cm³/mol. The fraction of sp³-hybridized carbons (Fsp3) is 0.0833. The van der Waals surface area contributed by atoms with Crippen LogP contribution >= 0.6 is 0 Å². The second-order valence-corrected chi connectivity index (χ2v) is 3.61. The van der Waals surface area contributed by atoms with Gasteiger partial charge in [0.15, 0.2) is 0 Å². The van der Waals surface area contributed by atoms with Gasteiger partial charge in [-0.05, 0) is 0 Å². The van der Waals surface area contributed by atoms with Crippen LogP contribution in [0.15, 0.2) is 52.4 Å². The van der Waals surface area contributed by atoms with Gasteiger partial charge in [-0.3, -0.25) is 0 Å². The third kappa shape index (κ3) is 2.57. The highest BCUT2D eigenvalue weighted by Crippen LogP contribution is 2.05. The third-order valence-corrected chi connectivity index (χ3v) is 2.32. The van der Waals surface area contributed by atoms with Crippen LogP contribution in [0.2, 0.25) is 0 Å². The van der Waals surface area contributed by atoms with Gasteiger partial charge in [0.25, 0.3) is 0 Å². The summed E-state index contributed by atoms with van der Waals surface area (Å²) in [6.45, 7) is 0. The highest BCUT2D eigenvalue weighted by atomic mass is 16.1. The first kappa shape index (κ1) is 11.1. The van der Waals surface area contributed by atoms with Gasteiger partial charge < -0.3 is 5.73 Å². The molecule has 0 fully saturated rings. The van der Waals surface area contributed by atoms with Crippen LogP contribution in [-0.4, -0.2) is 10.8 Å². The molecule has 2 rings (SSSR count). The number of nitrogens with two attached hydrogens (primary N) is 1. The van der Waals surface area contributed by atoms with Crippen molar-refractivity contribution < 1.29 is 4.57 Å². The standard InChI is InChI=1S/C12H12N4O/c1-16-8-7-10(15-12(16)17)14-11(13)9-5-3-2-4-6-9/h2-8H,1H3,(H2,13,14,15,17)/p+1. The molecule has 0 amide bonds. The number of aromatic nitrogens is 2. The molecule has 0 unspecified atom stereocenters. The lowest BCUT2D eigenvalue weighted by Crippen LogP contribution is -2.46. The Morgan fingerprint density at radius 2 is 2.00 bits per heavy atom. The van der Waals surface area contributed by atoms with Crippen LogP contribution in [-0.2, 0) is 7.05 Å². The van der Waals surface area contributed by atoms with Gasteiger partial charge in [0.1, 0.15) is 5.84 Å². The third-order valence-electron chi connectivity index (χ3n) is 2.32. The van der Waals surface area contributed by atoms with Crippen molar-refractivity contribution in [3.8, 4) is 0 Å². The van der Waals surface area contributed by atoms with Crippen molar-refractivity contribution in [1.29, 1.82) is 0 Å². The first-order valence-corrected chi connectivity index (χ1v) is 5.15. The van der Waals surface area contributed by atoms with E-state index in [1.54, 1.807) is 19.3 Å². The van der Waals surface area contributed by atoms with Crippen molar-refractivity contribution in [3.05, 3.63) is 58.6 Å². The van der Waals surface area contributed by atoms with Gasteiger partial charge in [-0.2, -0.15) is 14.8 Å². The minimum Gasteiger partial charge on any atom is -0.383 e. The SMILES string of the molecule is C[n+]1ccc(/N=C(\N)c2ccccc2)[nH]c1=O. The molecule has 0 spiro atoms. The highest BCUT2D eigenvalue weighted by molar-refractivity contribution is 5.98. The maximum atomic E-state index is 11.4. The number of nitrogens with zero attached hydrogens (tertiary/aromatic N) is 2. The van der Waals surface area contributed by atoms with Crippen molar-refractivity contribution in [2.45, 2.75) is 0 Å².